The number of aromatic nitrogens is 5. The predicted molar refractivity (Wildman–Crippen MR) is 504 cm³/mol. The average Bonchev–Trinajstić information content (AvgIpc) is 1.49. The Balaban J connectivity index is 0.000000132. The van der Waals surface area contributed by atoms with Gasteiger partial charge in [0.05, 0.1) is 88.4 Å². The van der Waals surface area contributed by atoms with Gasteiger partial charge in [0.15, 0.2) is 17.2 Å². The number of methoxy groups -OCH3 is 2. The molecular formula is C100H118N16O11. The van der Waals surface area contributed by atoms with Crippen LogP contribution in [0, 0.1) is 66.7 Å². The van der Waals surface area contributed by atoms with E-state index in [-0.39, 0.29) is 36.0 Å². The molecule has 0 aliphatic carbocycles. The molecule has 18 rings (SSSR count). The van der Waals surface area contributed by atoms with Crippen molar-refractivity contribution in [3.05, 3.63) is 217 Å². The van der Waals surface area contributed by atoms with E-state index in [2.05, 4.69) is 117 Å². The number of carbonyl (C=O) groups excluding carboxylic acids is 5. The Morgan fingerprint density at radius 2 is 1.23 bits per heavy atom. The topological polar surface area (TPSA) is 340 Å². The Bertz CT molecular complexity index is 6210. The summed E-state index contributed by atoms with van der Waals surface area (Å²) in [6, 6.07) is 39.5. The number of rotatable bonds is 22. The summed E-state index contributed by atoms with van der Waals surface area (Å²) in [5, 5.41) is 50.8. The van der Waals surface area contributed by atoms with E-state index in [1.807, 2.05) is 184 Å². The van der Waals surface area contributed by atoms with Crippen molar-refractivity contribution in [2.45, 2.75) is 127 Å². The minimum atomic E-state index is -1.48. The predicted octanol–water partition coefficient (Wildman–Crippen LogP) is 14.5. The monoisotopic (exact) mass is 1720 g/mol. The van der Waals surface area contributed by atoms with E-state index < -0.39 is 24.2 Å². The molecule has 12 aromatic rings. The van der Waals surface area contributed by atoms with E-state index >= 15 is 0 Å². The molecule has 664 valence electrons. The van der Waals surface area contributed by atoms with E-state index in [1.54, 1.807) is 20.4 Å². The number of amides is 5. The first-order valence-corrected chi connectivity index (χ1v) is 43.8. The fourth-order valence-electron chi connectivity index (χ4n) is 18.4. The zero-order valence-electron chi connectivity index (χ0n) is 75.7. The van der Waals surface area contributed by atoms with Gasteiger partial charge in [-0.2, -0.15) is 5.26 Å². The molecule has 27 nitrogen and oxygen atoms in total. The number of pyridine rings is 1. The smallest absolute Gasteiger partial charge is 0.256 e. The SMILES string of the molecule is CCN(CC)CCNC(=O)c1c(C)[nH]c(C=C2C(=O)Nc3ccc(C)cc32)c1C.CCN(CC)CCNC(=O)c1c(C)[nH]c(C=C2C(=O)Nc3ccc(C)cc32)c1C.COc1cc(N)c(C)cc1C.COc1cc2cc(C#N)cnc2cc1OCCCN1CCN(C)CC1.C[C@@]12O[C@H](C[C@@]1(O)CO)n1c3ccccc3c3c4c(c5c6ccccc6n2c5c31)CNC4=O. The molecule has 2 bridgehead atoms. The number of likely N-dealkylation sites (N-methyl/N-ethyl adjacent to an activating group) is 3. The Morgan fingerprint density at radius 3 is 1.77 bits per heavy atom. The second kappa shape index (κ2) is 38.3. The van der Waals surface area contributed by atoms with E-state index in [0.29, 0.717) is 65.6 Å². The highest BCUT2D eigenvalue weighted by atomic mass is 16.6. The van der Waals surface area contributed by atoms with Gasteiger partial charge in [-0.25, -0.2) is 0 Å². The van der Waals surface area contributed by atoms with Gasteiger partial charge in [0.25, 0.3) is 29.5 Å². The van der Waals surface area contributed by atoms with Crippen molar-refractivity contribution in [1.29, 1.82) is 5.26 Å². The number of fused-ring (bicyclic) bond motifs is 16. The molecule has 27 heteroatoms. The van der Waals surface area contributed by atoms with Crippen molar-refractivity contribution in [2.75, 3.05) is 136 Å². The number of piperazine rings is 1. The maximum absolute atomic E-state index is 13.2. The molecule has 0 radical (unpaired) electrons. The lowest BCUT2D eigenvalue weighted by atomic mass is 9.89. The fourth-order valence-corrected chi connectivity index (χ4v) is 18.4. The van der Waals surface area contributed by atoms with Crippen LogP contribution in [0.1, 0.15) is 163 Å². The number of benzene rings is 7. The molecule has 0 unspecified atom stereocenters. The molecule has 6 aliphatic rings. The van der Waals surface area contributed by atoms with Crippen LogP contribution in [0.5, 0.6) is 17.2 Å². The van der Waals surface area contributed by atoms with Gasteiger partial charge in [0, 0.05) is 168 Å². The van der Waals surface area contributed by atoms with Gasteiger partial charge in [-0.15, -0.1) is 0 Å². The number of ether oxygens (including phenoxy) is 4. The number of aliphatic hydroxyl groups excluding tert-OH is 1. The van der Waals surface area contributed by atoms with Crippen LogP contribution in [0.3, 0.4) is 0 Å². The first kappa shape index (κ1) is 90.6. The van der Waals surface area contributed by atoms with Crippen LogP contribution in [-0.4, -0.2) is 209 Å². The van der Waals surface area contributed by atoms with Crippen LogP contribution in [-0.2, 0) is 26.6 Å². The number of para-hydroxylation sites is 2. The maximum Gasteiger partial charge on any atom is 0.256 e. The highest BCUT2D eigenvalue weighted by Crippen LogP contribution is 2.58. The van der Waals surface area contributed by atoms with E-state index in [0.717, 1.165) is 234 Å². The Hall–Kier alpha value is -12.7. The molecular weight excluding hydrogens is 1600 g/mol. The summed E-state index contributed by atoms with van der Waals surface area (Å²) in [7, 11) is 5.44. The van der Waals surface area contributed by atoms with Gasteiger partial charge in [-0.3, -0.25) is 29.0 Å². The minimum absolute atomic E-state index is 0.0555. The summed E-state index contributed by atoms with van der Waals surface area (Å²) >= 11 is 0. The number of hydrogen-bond donors (Lipinski definition) is 10. The summed E-state index contributed by atoms with van der Waals surface area (Å²) in [5.74, 6) is 1.76. The highest BCUT2D eigenvalue weighted by Gasteiger charge is 2.61. The number of nitrogen functional groups attached to an aromatic ring is 1. The number of nitriles is 1. The fraction of sp³-hybridized carbons (Fsp3) is 0.370. The van der Waals surface area contributed by atoms with Crippen molar-refractivity contribution in [1.82, 2.24) is 59.6 Å². The Labute approximate surface area is 741 Å². The molecule has 0 saturated carbocycles. The zero-order valence-corrected chi connectivity index (χ0v) is 75.7. The summed E-state index contributed by atoms with van der Waals surface area (Å²) in [5.41, 5.74) is 25.9. The third kappa shape index (κ3) is 17.9. The molecule has 2 saturated heterocycles. The quantitative estimate of drug-likeness (QED) is 0.0171. The third-order valence-corrected chi connectivity index (χ3v) is 25.7. The lowest BCUT2D eigenvalue weighted by Gasteiger charge is -2.38. The largest absolute Gasteiger partial charge is 0.496 e. The number of carbonyl (C=O) groups is 5. The highest BCUT2D eigenvalue weighted by molar-refractivity contribution is 6.36. The first-order valence-electron chi connectivity index (χ1n) is 43.8. The summed E-state index contributed by atoms with van der Waals surface area (Å²) in [4.78, 5) is 83.9. The zero-order chi connectivity index (χ0) is 90.6. The molecule has 3 atom stereocenters. The van der Waals surface area contributed by atoms with Gasteiger partial charge in [-0.05, 0) is 190 Å². The number of nitrogens with zero attached hydrogens (tertiary/aromatic N) is 8. The van der Waals surface area contributed by atoms with E-state index in [9.17, 15) is 34.2 Å². The van der Waals surface area contributed by atoms with Crippen molar-refractivity contribution in [3.8, 4) is 23.3 Å². The van der Waals surface area contributed by atoms with Gasteiger partial charge in [-0.1, -0.05) is 93.4 Å². The molecule has 127 heavy (non-hydrogen) atoms. The maximum atomic E-state index is 13.2. The molecule has 7 aromatic carbocycles. The van der Waals surface area contributed by atoms with Gasteiger partial charge in [0.2, 0.25) is 0 Å². The first-order chi connectivity index (χ1) is 61.0. The van der Waals surface area contributed by atoms with Gasteiger partial charge >= 0.3 is 0 Å². The number of H-pyrrole nitrogens is 2. The number of aromatic amines is 2. The molecule has 0 spiro atoms. The standard InChI is InChI=1S/C26H21N3O4.2C23H30N4O2.C19H24N4O2.C9H13NO/c1-25-26(32,12-30)10-18(33-25)28-16-8-4-2-6-13(16)20-21-15(11-27-24(21)31)19-14-7-3-5-9-17(14)29(25)23(19)22(20)28;2*1-6-27(7-2)11-10-24-23(29)21-15(4)20(25-16(21)5)13-18-17-12-14(3)8-9-19(17)26-22(18)28;1-22-5-7-23(8-6-22)4-3-9-25-19-12-17-16(11-18(19)24-2)10-15(13-20)14-21-17;1-6-4-7(2)9(11-3)5-8(6)10/h2-9,18,30,32H,10-12H2,1H3,(H,27,31);2*8-9,12-13,25H,6-7,10-11H2,1-5H3,(H,24,29)(H,26,28);10-12,14H,3-9H2,1-2H3;4-5H,10H2,1-3H3/t18-,25-,26-;;;;/m1..../s1. The molecule has 6 aliphatic heterocycles. The molecule has 2 fully saturated rings. The number of aliphatic hydroxyl groups is 2. The molecule has 11 heterocycles. The van der Waals surface area contributed by atoms with Gasteiger partial charge < -0.3 is 100 Å². The molecule has 11 N–H and O–H groups in total. The van der Waals surface area contributed by atoms with Crippen molar-refractivity contribution >= 4 is 124 Å². The molecule has 5 amide bonds. The van der Waals surface area contributed by atoms with E-state index in [4.69, 9.17) is 29.9 Å². The minimum Gasteiger partial charge on any atom is -0.496 e. The second-order valence-electron chi connectivity index (χ2n) is 33.7. The summed E-state index contributed by atoms with van der Waals surface area (Å²) < 4.78 is 27.4. The van der Waals surface area contributed by atoms with Crippen LogP contribution in [0.4, 0.5) is 17.1 Å². The number of anilines is 3. The number of hydrogen-bond acceptors (Lipinski definition) is 18. The van der Waals surface area contributed by atoms with Gasteiger partial charge in [0.1, 0.15) is 23.6 Å². The average molecular weight is 1720 g/mol. The summed E-state index contributed by atoms with van der Waals surface area (Å²) in [6.45, 7) is 38.9. The van der Waals surface area contributed by atoms with Crippen LogP contribution in [0.2, 0.25) is 0 Å². The van der Waals surface area contributed by atoms with Crippen LogP contribution in [0.25, 0.3) is 77.8 Å². The van der Waals surface area contributed by atoms with Crippen molar-refractivity contribution in [3.63, 3.8) is 0 Å². The number of nitrogens with two attached hydrogens (primary N) is 1. The van der Waals surface area contributed by atoms with Crippen LogP contribution < -0.4 is 46.5 Å². The second-order valence-corrected chi connectivity index (χ2v) is 33.7. The Morgan fingerprint density at radius 1 is 0.677 bits per heavy atom. The number of nitrogens with one attached hydrogen (secondary N) is 7. The normalized spacial score (nSPS) is 17.8. The lowest BCUT2D eigenvalue weighted by molar-refractivity contribution is -0.189. The van der Waals surface area contributed by atoms with Crippen LogP contribution >= 0.6 is 0 Å². The third-order valence-electron chi connectivity index (χ3n) is 25.7. The van der Waals surface area contributed by atoms with Crippen LogP contribution in [0.15, 0.2) is 121 Å². The summed E-state index contributed by atoms with van der Waals surface area (Å²) in [6.07, 6.45) is 5.99. The van der Waals surface area contributed by atoms with Crippen molar-refractivity contribution < 1.29 is 53.1 Å². The van der Waals surface area contributed by atoms with E-state index in [1.165, 1.54) is 0 Å². The number of aryl methyl sites for hydroxylation is 6. The Kier molecular flexibility index (Phi) is 27.3. The van der Waals surface area contributed by atoms with Crippen molar-refractivity contribution in [2.24, 2.45) is 0 Å². The lowest BCUT2D eigenvalue weighted by Crippen LogP contribution is -2.53. The molecule has 5 aromatic heterocycles.